The van der Waals surface area contributed by atoms with Crippen LogP contribution in [0.3, 0.4) is 0 Å². The maximum Gasteiger partial charge on any atom is 0.257 e. The van der Waals surface area contributed by atoms with Crippen LogP contribution in [-0.4, -0.2) is 16.8 Å². The Morgan fingerprint density at radius 2 is 2.05 bits per heavy atom. The van der Waals surface area contributed by atoms with Crippen LogP contribution in [-0.2, 0) is 0 Å². The average molecular weight is 275 g/mol. The van der Waals surface area contributed by atoms with Gasteiger partial charge < -0.3 is 5.73 Å². The first-order chi connectivity index (χ1) is 8.97. The first kappa shape index (κ1) is 13.2. The van der Waals surface area contributed by atoms with Gasteiger partial charge in [0.1, 0.15) is 0 Å². The van der Waals surface area contributed by atoms with Gasteiger partial charge in [-0.2, -0.15) is 0 Å². The Kier molecular flexibility index (Phi) is 3.62. The molecule has 0 fully saturated rings. The highest BCUT2D eigenvalue weighted by molar-refractivity contribution is 7.15. The number of thiazole rings is 1. The van der Waals surface area contributed by atoms with Gasteiger partial charge in [-0.15, -0.1) is 11.3 Å². The van der Waals surface area contributed by atoms with Crippen molar-refractivity contribution in [1.82, 2.24) is 4.98 Å². The van der Waals surface area contributed by atoms with Crippen LogP contribution in [0.5, 0.6) is 0 Å². The Balaban J connectivity index is 2.22. The SMILES string of the molecule is Cc1cnc(NC(=O)c2ccc(C(N)=O)cc2C)s1. The zero-order valence-electron chi connectivity index (χ0n) is 10.6. The van der Waals surface area contributed by atoms with Crippen LogP contribution in [0.4, 0.5) is 5.13 Å². The predicted molar refractivity (Wildman–Crippen MR) is 74.5 cm³/mol. The Labute approximate surface area is 114 Å². The molecule has 0 aliphatic heterocycles. The Morgan fingerprint density at radius 3 is 2.58 bits per heavy atom. The molecular formula is C13H13N3O2S. The van der Waals surface area contributed by atoms with Crippen LogP contribution >= 0.6 is 11.3 Å². The summed E-state index contributed by atoms with van der Waals surface area (Å²) in [6.45, 7) is 3.68. The fraction of sp³-hybridized carbons (Fsp3) is 0.154. The van der Waals surface area contributed by atoms with E-state index in [0.717, 1.165) is 4.88 Å². The van der Waals surface area contributed by atoms with Crippen LogP contribution in [0.1, 0.15) is 31.2 Å². The number of primary amides is 1. The minimum atomic E-state index is -0.509. The van der Waals surface area contributed by atoms with Gasteiger partial charge in [0.25, 0.3) is 5.91 Å². The van der Waals surface area contributed by atoms with Gasteiger partial charge in [0.05, 0.1) is 0 Å². The molecule has 0 unspecified atom stereocenters. The van der Waals surface area contributed by atoms with E-state index in [2.05, 4.69) is 10.3 Å². The summed E-state index contributed by atoms with van der Waals surface area (Å²) >= 11 is 1.41. The van der Waals surface area contributed by atoms with Crippen molar-refractivity contribution in [3.8, 4) is 0 Å². The van der Waals surface area contributed by atoms with Crippen LogP contribution in [0, 0.1) is 13.8 Å². The summed E-state index contributed by atoms with van der Waals surface area (Å²) in [6.07, 6.45) is 1.70. The van der Waals surface area contributed by atoms with Crippen molar-refractivity contribution in [3.63, 3.8) is 0 Å². The second-order valence-corrected chi connectivity index (χ2v) is 5.36. The molecule has 5 nitrogen and oxygen atoms in total. The maximum absolute atomic E-state index is 12.1. The van der Waals surface area contributed by atoms with Crippen molar-refractivity contribution in [3.05, 3.63) is 46.0 Å². The van der Waals surface area contributed by atoms with E-state index in [1.807, 2.05) is 6.92 Å². The lowest BCUT2D eigenvalue weighted by atomic mass is 10.0. The standard InChI is InChI=1S/C13H13N3O2S/c1-7-5-9(11(14)17)3-4-10(7)12(18)16-13-15-6-8(2)19-13/h3-6H,1-2H3,(H2,14,17)(H,15,16,18). The van der Waals surface area contributed by atoms with E-state index in [1.54, 1.807) is 25.3 Å². The first-order valence-electron chi connectivity index (χ1n) is 5.61. The van der Waals surface area contributed by atoms with Gasteiger partial charge in [-0.25, -0.2) is 4.98 Å². The largest absolute Gasteiger partial charge is 0.366 e. The summed E-state index contributed by atoms with van der Waals surface area (Å²) in [5.74, 6) is -0.756. The molecule has 98 valence electrons. The van der Waals surface area contributed by atoms with Gasteiger partial charge in [0, 0.05) is 22.2 Å². The van der Waals surface area contributed by atoms with Crippen molar-refractivity contribution in [2.24, 2.45) is 5.73 Å². The first-order valence-corrected chi connectivity index (χ1v) is 6.43. The average Bonchev–Trinajstić information content (AvgIpc) is 2.74. The number of carbonyl (C=O) groups excluding carboxylic acids is 2. The van der Waals surface area contributed by atoms with E-state index in [-0.39, 0.29) is 5.91 Å². The molecule has 0 atom stereocenters. The van der Waals surface area contributed by atoms with Crippen molar-refractivity contribution in [2.75, 3.05) is 5.32 Å². The molecule has 19 heavy (non-hydrogen) atoms. The summed E-state index contributed by atoms with van der Waals surface area (Å²) in [5, 5.41) is 3.28. The fourth-order valence-corrected chi connectivity index (χ4v) is 2.31. The number of hydrogen-bond acceptors (Lipinski definition) is 4. The number of anilines is 1. The second-order valence-electron chi connectivity index (χ2n) is 4.12. The highest BCUT2D eigenvalue weighted by Crippen LogP contribution is 2.18. The molecule has 1 aromatic heterocycles. The monoisotopic (exact) mass is 275 g/mol. The third-order valence-electron chi connectivity index (χ3n) is 2.60. The number of rotatable bonds is 3. The Bertz CT molecular complexity index is 649. The Morgan fingerprint density at radius 1 is 1.32 bits per heavy atom. The zero-order valence-corrected chi connectivity index (χ0v) is 11.4. The third-order valence-corrected chi connectivity index (χ3v) is 3.43. The van der Waals surface area contributed by atoms with Gasteiger partial charge in [-0.05, 0) is 37.6 Å². The molecule has 1 aromatic carbocycles. The summed E-state index contributed by atoms with van der Waals surface area (Å²) < 4.78 is 0. The van der Waals surface area contributed by atoms with Gasteiger partial charge >= 0.3 is 0 Å². The summed E-state index contributed by atoms with van der Waals surface area (Å²) in [4.78, 5) is 28.2. The van der Waals surface area contributed by atoms with Crippen LogP contribution in [0.2, 0.25) is 0 Å². The molecule has 0 bridgehead atoms. The lowest BCUT2D eigenvalue weighted by molar-refractivity contribution is 0.0995. The van der Waals surface area contributed by atoms with E-state index in [4.69, 9.17) is 5.73 Å². The van der Waals surface area contributed by atoms with E-state index in [1.165, 1.54) is 17.4 Å². The van der Waals surface area contributed by atoms with Crippen molar-refractivity contribution >= 4 is 28.3 Å². The van der Waals surface area contributed by atoms with Gasteiger partial charge in [0.2, 0.25) is 5.91 Å². The van der Waals surface area contributed by atoms with Gasteiger partial charge in [-0.3, -0.25) is 14.9 Å². The van der Waals surface area contributed by atoms with Gasteiger partial charge in [-0.1, -0.05) is 0 Å². The molecule has 0 aliphatic rings. The number of aromatic nitrogens is 1. The highest BCUT2D eigenvalue weighted by Gasteiger charge is 2.12. The van der Waals surface area contributed by atoms with E-state index < -0.39 is 5.91 Å². The van der Waals surface area contributed by atoms with Crippen LogP contribution in [0.15, 0.2) is 24.4 Å². The zero-order chi connectivity index (χ0) is 14.0. The van der Waals surface area contributed by atoms with E-state index in [9.17, 15) is 9.59 Å². The van der Waals surface area contributed by atoms with Crippen LogP contribution in [0.25, 0.3) is 0 Å². The minimum absolute atomic E-state index is 0.247. The van der Waals surface area contributed by atoms with Gasteiger partial charge in [0.15, 0.2) is 5.13 Å². The molecule has 0 radical (unpaired) electrons. The number of nitrogens with zero attached hydrogens (tertiary/aromatic N) is 1. The molecule has 0 spiro atoms. The smallest absolute Gasteiger partial charge is 0.257 e. The number of nitrogens with one attached hydrogen (secondary N) is 1. The Hall–Kier alpha value is -2.21. The fourth-order valence-electron chi connectivity index (χ4n) is 1.65. The number of aryl methyl sites for hydroxylation is 2. The molecule has 0 saturated heterocycles. The molecule has 2 aromatic rings. The lowest BCUT2D eigenvalue weighted by Crippen LogP contribution is -2.15. The van der Waals surface area contributed by atoms with Crippen molar-refractivity contribution in [1.29, 1.82) is 0 Å². The number of hydrogen-bond donors (Lipinski definition) is 2. The van der Waals surface area contributed by atoms with Crippen molar-refractivity contribution in [2.45, 2.75) is 13.8 Å². The summed E-state index contributed by atoms with van der Waals surface area (Å²) in [6, 6.07) is 4.73. The number of benzene rings is 1. The van der Waals surface area contributed by atoms with E-state index >= 15 is 0 Å². The summed E-state index contributed by atoms with van der Waals surface area (Å²) in [7, 11) is 0. The molecule has 0 saturated carbocycles. The van der Waals surface area contributed by atoms with Crippen LogP contribution < -0.4 is 11.1 Å². The number of nitrogens with two attached hydrogens (primary N) is 1. The molecule has 2 rings (SSSR count). The third kappa shape index (κ3) is 2.97. The highest BCUT2D eigenvalue weighted by atomic mass is 32.1. The lowest BCUT2D eigenvalue weighted by Gasteiger charge is -2.06. The molecule has 1 heterocycles. The minimum Gasteiger partial charge on any atom is -0.366 e. The molecule has 6 heteroatoms. The summed E-state index contributed by atoms with van der Waals surface area (Å²) in [5.41, 5.74) is 6.77. The predicted octanol–water partition coefficient (Wildman–Crippen LogP) is 2.11. The molecule has 2 amide bonds. The van der Waals surface area contributed by atoms with Crippen molar-refractivity contribution < 1.29 is 9.59 Å². The molecule has 0 aliphatic carbocycles. The second kappa shape index (κ2) is 5.19. The number of amides is 2. The normalized spacial score (nSPS) is 10.2. The number of carbonyl (C=O) groups is 2. The molecular weight excluding hydrogens is 262 g/mol. The topological polar surface area (TPSA) is 85.1 Å². The quantitative estimate of drug-likeness (QED) is 0.899. The maximum atomic E-state index is 12.1. The van der Waals surface area contributed by atoms with E-state index in [0.29, 0.717) is 21.8 Å². The molecule has 3 N–H and O–H groups in total.